The number of fused-ring (bicyclic) bond motifs is 1. The van der Waals surface area contributed by atoms with E-state index in [1.54, 1.807) is 11.3 Å². The third-order valence-electron chi connectivity index (χ3n) is 3.78. The minimum absolute atomic E-state index is 0.0861. The van der Waals surface area contributed by atoms with Gasteiger partial charge in [0.1, 0.15) is 12.4 Å². The molecule has 1 atom stereocenters. The van der Waals surface area contributed by atoms with Crippen LogP contribution in [-0.2, 0) is 17.6 Å². The number of ether oxygens (including phenoxy) is 1. The summed E-state index contributed by atoms with van der Waals surface area (Å²) in [5.74, 6) is 0.910. The number of thiazole rings is 1. The van der Waals surface area contributed by atoms with Crippen LogP contribution < -0.4 is 10.1 Å². The average Bonchev–Trinajstić information content (AvgIpc) is 2.96. The lowest BCUT2D eigenvalue weighted by Gasteiger charge is -2.24. The molecule has 1 unspecified atom stereocenters. The standard InChI is InChI=1S/C17H20N2O2S/c1-12-11-22-16(19-12)7-4-8-18-17(20)14-9-13-5-2-3-6-15(13)21-10-14/h2-3,5-6,11,14H,4,7-10H2,1H3,(H,18,20). The number of hydrogen-bond donors (Lipinski definition) is 1. The van der Waals surface area contributed by atoms with Crippen molar-refractivity contribution in [3.05, 3.63) is 45.9 Å². The summed E-state index contributed by atoms with van der Waals surface area (Å²) in [6.07, 6.45) is 2.60. The van der Waals surface area contributed by atoms with E-state index in [2.05, 4.69) is 15.7 Å². The number of benzene rings is 1. The highest BCUT2D eigenvalue weighted by Crippen LogP contribution is 2.26. The number of hydrogen-bond acceptors (Lipinski definition) is 4. The number of carbonyl (C=O) groups excluding carboxylic acids is 1. The molecule has 116 valence electrons. The summed E-state index contributed by atoms with van der Waals surface area (Å²) in [6, 6.07) is 7.93. The van der Waals surface area contributed by atoms with Crippen molar-refractivity contribution in [2.45, 2.75) is 26.2 Å². The van der Waals surface area contributed by atoms with Gasteiger partial charge in [-0.05, 0) is 31.4 Å². The van der Waals surface area contributed by atoms with Crippen molar-refractivity contribution in [1.29, 1.82) is 0 Å². The molecule has 1 amide bonds. The maximum Gasteiger partial charge on any atom is 0.226 e. The van der Waals surface area contributed by atoms with E-state index in [9.17, 15) is 4.79 Å². The van der Waals surface area contributed by atoms with Gasteiger partial charge < -0.3 is 10.1 Å². The van der Waals surface area contributed by atoms with Crippen LogP contribution >= 0.6 is 11.3 Å². The van der Waals surface area contributed by atoms with Gasteiger partial charge in [0.25, 0.3) is 0 Å². The van der Waals surface area contributed by atoms with Gasteiger partial charge in [-0.2, -0.15) is 0 Å². The Morgan fingerprint density at radius 3 is 3.14 bits per heavy atom. The molecular weight excluding hydrogens is 296 g/mol. The van der Waals surface area contributed by atoms with Crippen LogP contribution in [-0.4, -0.2) is 24.0 Å². The van der Waals surface area contributed by atoms with Crippen LogP contribution in [0.5, 0.6) is 5.75 Å². The molecule has 1 aromatic heterocycles. The molecule has 2 heterocycles. The van der Waals surface area contributed by atoms with E-state index >= 15 is 0 Å². The summed E-state index contributed by atoms with van der Waals surface area (Å²) < 4.78 is 5.67. The van der Waals surface area contributed by atoms with Gasteiger partial charge in [-0.25, -0.2) is 4.98 Å². The first-order chi connectivity index (χ1) is 10.7. The monoisotopic (exact) mass is 316 g/mol. The summed E-state index contributed by atoms with van der Waals surface area (Å²) in [6.45, 7) is 3.16. The molecule has 1 aliphatic rings. The average molecular weight is 316 g/mol. The molecule has 0 bridgehead atoms. The van der Waals surface area contributed by atoms with Gasteiger partial charge in [-0.3, -0.25) is 4.79 Å². The first-order valence-corrected chi connectivity index (χ1v) is 8.50. The molecule has 3 rings (SSSR count). The van der Waals surface area contributed by atoms with Crippen molar-refractivity contribution in [3.8, 4) is 5.75 Å². The van der Waals surface area contributed by atoms with Crippen LogP contribution in [0.15, 0.2) is 29.6 Å². The fourth-order valence-corrected chi connectivity index (χ4v) is 3.43. The quantitative estimate of drug-likeness (QED) is 0.863. The first kappa shape index (κ1) is 15.0. The normalized spacial score (nSPS) is 16.7. The van der Waals surface area contributed by atoms with Crippen molar-refractivity contribution < 1.29 is 9.53 Å². The highest BCUT2D eigenvalue weighted by Gasteiger charge is 2.25. The third-order valence-corrected chi connectivity index (χ3v) is 4.81. The zero-order valence-corrected chi connectivity index (χ0v) is 13.5. The van der Waals surface area contributed by atoms with Crippen molar-refractivity contribution >= 4 is 17.2 Å². The molecule has 1 aromatic carbocycles. The number of nitrogens with one attached hydrogen (secondary N) is 1. The molecule has 0 saturated carbocycles. The number of carbonyl (C=O) groups is 1. The number of nitrogens with zero attached hydrogens (tertiary/aromatic N) is 1. The number of rotatable bonds is 5. The van der Waals surface area contributed by atoms with Crippen LogP contribution in [0.3, 0.4) is 0 Å². The zero-order valence-electron chi connectivity index (χ0n) is 12.7. The smallest absolute Gasteiger partial charge is 0.226 e. The Kier molecular flexibility index (Phi) is 4.73. The van der Waals surface area contributed by atoms with E-state index in [0.29, 0.717) is 13.2 Å². The van der Waals surface area contributed by atoms with Gasteiger partial charge in [0.15, 0.2) is 0 Å². The molecule has 2 aromatic rings. The minimum atomic E-state index is -0.0861. The summed E-state index contributed by atoms with van der Waals surface area (Å²) in [4.78, 5) is 16.6. The fourth-order valence-electron chi connectivity index (χ4n) is 2.61. The van der Waals surface area contributed by atoms with Crippen molar-refractivity contribution in [1.82, 2.24) is 10.3 Å². The van der Waals surface area contributed by atoms with E-state index in [-0.39, 0.29) is 11.8 Å². The maximum atomic E-state index is 12.2. The molecule has 0 radical (unpaired) electrons. The van der Waals surface area contributed by atoms with Gasteiger partial charge in [0, 0.05) is 24.0 Å². The Morgan fingerprint density at radius 2 is 2.32 bits per heavy atom. The van der Waals surface area contributed by atoms with Gasteiger partial charge in [0.05, 0.1) is 10.9 Å². The second kappa shape index (κ2) is 6.92. The first-order valence-electron chi connectivity index (χ1n) is 7.62. The molecule has 0 spiro atoms. The molecular formula is C17H20N2O2S. The van der Waals surface area contributed by atoms with Crippen LogP contribution in [0.1, 0.15) is 22.7 Å². The van der Waals surface area contributed by atoms with E-state index in [4.69, 9.17) is 4.74 Å². The SMILES string of the molecule is Cc1csc(CCCNC(=O)C2COc3ccccc3C2)n1. The number of aryl methyl sites for hydroxylation is 2. The molecule has 0 aliphatic carbocycles. The highest BCUT2D eigenvalue weighted by atomic mass is 32.1. The molecule has 5 heteroatoms. The molecule has 4 nitrogen and oxygen atoms in total. The summed E-state index contributed by atoms with van der Waals surface area (Å²) in [5.41, 5.74) is 2.19. The van der Waals surface area contributed by atoms with E-state index in [0.717, 1.165) is 41.3 Å². The molecule has 0 fully saturated rings. The number of para-hydroxylation sites is 1. The molecule has 1 N–H and O–H groups in total. The van der Waals surface area contributed by atoms with Gasteiger partial charge in [-0.1, -0.05) is 18.2 Å². The second-order valence-corrected chi connectivity index (χ2v) is 6.54. The van der Waals surface area contributed by atoms with Gasteiger partial charge >= 0.3 is 0 Å². The predicted molar refractivity (Wildman–Crippen MR) is 87.3 cm³/mol. The lowest BCUT2D eigenvalue weighted by Crippen LogP contribution is -2.37. The van der Waals surface area contributed by atoms with Crippen LogP contribution in [0.2, 0.25) is 0 Å². The Bertz CT molecular complexity index is 654. The van der Waals surface area contributed by atoms with Gasteiger partial charge in [-0.15, -0.1) is 11.3 Å². The number of aromatic nitrogens is 1. The number of amides is 1. The summed E-state index contributed by atoms with van der Waals surface area (Å²) in [5, 5.41) is 6.22. The van der Waals surface area contributed by atoms with Crippen LogP contribution in [0.25, 0.3) is 0 Å². The molecule has 1 aliphatic heterocycles. The second-order valence-electron chi connectivity index (χ2n) is 5.60. The minimum Gasteiger partial charge on any atom is -0.492 e. The lowest BCUT2D eigenvalue weighted by molar-refractivity contribution is -0.126. The lowest BCUT2D eigenvalue weighted by atomic mass is 9.96. The van der Waals surface area contributed by atoms with Crippen molar-refractivity contribution in [2.24, 2.45) is 5.92 Å². The van der Waals surface area contributed by atoms with E-state index in [1.165, 1.54) is 0 Å². The fraction of sp³-hybridized carbons (Fsp3) is 0.412. The largest absolute Gasteiger partial charge is 0.492 e. The highest BCUT2D eigenvalue weighted by molar-refractivity contribution is 7.09. The van der Waals surface area contributed by atoms with Crippen molar-refractivity contribution in [3.63, 3.8) is 0 Å². The van der Waals surface area contributed by atoms with E-state index < -0.39 is 0 Å². The Labute approximate surface area is 134 Å². The summed E-state index contributed by atoms with van der Waals surface area (Å²) in [7, 11) is 0. The molecule has 22 heavy (non-hydrogen) atoms. The maximum absolute atomic E-state index is 12.2. The third kappa shape index (κ3) is 3.65. The summed E-state index contributed by atoms with van der Waals surface area (Å²) >= 11 is 1.68. The topological polar surface area (TPSA) is 51.2 Å². The van der Waals surface area contributed by atoms with Crippen molar-refractivity contribution in [2.75, 3.05) is 13.2 Å². The molecule has 0 saturated heterocycles. The predicted octanol–water partition coefficient (Wildman–Crippen LogP) is 2.75. The Balaban J connectivity index is 1.43. The van der Waals surface area contributed by atoms with Crippen LogP contribution in [0, 0.1) is 12.8 Å². The Hall–Kier alpha value is -1.88. The Morgan fingerprint density at radius 1 is 1.45 bits per heavy atom. The van der Waals surface area contributed by atoms with Gasteiger partial charge in [0.2, 0.25) is 5.91 Å². The zero-order chi connectivity index (χ0) is 15.4. The van der Waals surface area contributed by atoms with Crippen LogP contribution in [0.4, 0.5) is 0 Å². The van der Waals surface area contributed by atoms with E-state index in [1.807, 2.05) is 31.2 Å².